The second kappa shape index (κ2) is 4.39. The van der Waals surface area contributed by atoms with Gasteiger partial charge >= 0.3 is 5.97 Å². The van der Waals surface area contributed by atoms with Crippen LogP contribution in [0.15, 0.2) is 18.2 Å². The molecule has 0 heterocycles. The highest BCUT2D eigenvalue weighted by Gasteiger charge is 2.14. The van der Waals surface area contributed by atoms with Crippen molar-refractivity contribution in [2.75, 3.05) is 0 Å². The molecule has 0 aliphatic rings. The SMILES string of the molecule is N[C@@H](Cc1ccc(Cl)cc1[18F])C(=O)O. The van der Waals surface area contributed by atoms with Crippen LogP contribution in [0.1, 0.15) is 5.56 Å². The number of carboxylic acid groups (broad SMARTS) is 1. The monoisotopic (exact) mass is 216 g/mol. The lowest BCUT2D eigenvalue weighted by Crippen LogP contribution is -2.32. The lowest BCUT2D eigenvalue weighted by Gasteiger charge is -2.07. The van der Waals surface area contributed by atoms with Gasteiger partial charge in [-0.2, -0.15) is 0 Å². The minimum atomic E-state index is -1.15. The number of aliphatic carboxylic acids is 1. The lowest BCUT2D eigenvalue weighted by molar-refractivity contribution is -0.138. The molecule has 5 heteroatoms. The Hall–Kier alpha value is -1.13. The van der Waals surface area contributed by atoms with Gasteiger partial charge in [0.05, 0.1) is 0 Å². The summed E-state index contributed by atoms with van der Waals surface area (Å²) >= 11 is 5.53. The van der Waals surface area contributed by atoms with Gasteiger partial charge in [-0.1, -0.05) is 17.7 Å². The molecule has 3 nitrogen and oxygen atoms in total. The third-order valence-electron chi connectivity index (χ3n) is 1.77. The van der Waals surface area contributed by atoms with E-state index in [0.717, 1.165) is 6.07 Å². The van der Waals surface area contributed by atoms with Crippen molar-refractivity contribution in [1.82, 2.24) is 0 Å². The molecule has 1 aromatic rings. The van der Waals surface area contributed by atoms with Gasteiger partial charge < -0.3 is 10.8 Å². The summed E-state index contributed by atoms with van der Waals surface area (Å²) in [6, 6.07) is 2.96. The van der Waals surface area contributed by atoms with Gasteiger partial charge in [0, 0.05) is 11.4 Å². The van der Waals surface area contributed by atoms with Crippen LogP contribution < -0.4 is 5.73 Å². The lowest BCUT2D eigenvalue weighted by atomic mass is 10.1. The van der Waals surface area contributed by atoms with Gasteiger partial charge in [0.25, 0.3) is 0 Å². The fourth-order valence-electron chi connectivity index (χ4n) is 1.01. The third-order valence-corrected chi connectivity index (χ3v) is 2.01. The summed E-state index contributed by atoms with van der Waals surface area (Å²) in [5.74, 6) is -1.69. The van der Waals surface area contributed by atoms with Crippen molar-refractivity contribution in [3.05, 3.63) is 34.6 Å². The quantitative estimate of drug-likeness (QED) is 0.804. The number of carboxylic acids is 1. The number of halogens is 2. The summed E-state index contributed by atoms with van der Waals surface area (Å²) < 4.78 is 13.1. The average Bonchev–Trinajstić information content (AvgIpc) is 2.09. The zero-order valence-electron chi connectivity index (χ0n) is 7.21. The van der Waals surface area contributed by atoms with E-state index in [2.05, 4.69) is 0 Å². The van der Waals surface area contributed by atoms with Crippen LogP contribution in [0, 0.1) is 5.82 Å². The molecule has 0 amide bonds. The molecule has 0 aliphatic carbocycles. The van der Waals surface area contributed by atoms with Crippen molar-refractivity contribution in [2.45, 2.75) is 12.5 Å². The molecule has 14 heavy (non-hydrogen) atoms. The fourth-order valence-corrected chi connectivity index (χ4v) is 1.17. The van der Waals surface area contributed by atoms with Gasteiger partial charge in [-0.15, -0.1) is 0 Å². The molecule has 0 spiro atoms. The Kier molecular flexibility index (Phi) is 3.43. The maximum Gasteiger partial charge on any atom is 0.320 e. The second-order valence-corrected chi connectivity index (χ2v) is 3.32. The van der Waals surface area contributed by atoms with Crippen LogP contribution in [0.4, 0.5) is 4.39 Å². The number of rotatable bonds is 3. The molecule has 0 radical (unpaired) electrons. The van der Waals surface area contributed by atoms with Crippen LogP contribution >= 0.6 is 11.6 Å². The topological polar surface area (TPSA) is 63.3 Å². The molecule has 0 saturated carbocycles. The molecular formula is C9H9ClFNO2. The van der Waals surface area contributed by atoms with Crippen LogP contribution in [0.5, 0.6) is 0 Å². The number of benzene rings is 1. The summed E-state index contributed by atoms with van der Waals surface area (Å²) in [6.45, 7) is 0. The highest BCUT2D eigenvalue weighted by Crippen LogP contribution is 2.15. The van der Waals surface area contributed by atoms with Crippen molar-refractivity contribution >= 4 is 17.6 Å². The normalized spacial score (nSPS) is 12.5. The zero-order valence-corrected chi connectivity index (χ0v) is 7.96. The first-order valence-electron chi connectivity index (χ1n) is 3.93. The molecule has 0 bridgehead atoms. The Balaban J connectivity index is 2.82. The van der Waals surface area contributed by atoms with Gasteiger partial charge in [-0.05, 0) is 17.7 Å². The van der Waals surface area contributed by atoms with Crippen LogP contribution in [-0.4, -0.2) is 17.1 Å². The van der Waals surface area contributed by atoms with E-state index in [1.165, 1.54) is 12.1 Å². The molecule has 0 unspecified atom stereocenters. The molecule has 0 fully saturated rings. The second-order valence-electron chi connectivity index (χ2n) is 2.88. The van der Waals surface area contributed by atoms with E-state index in [-0.39, 0.29) is 17.0 Å². The number of hydrogen-bond acceptors (Lipinski definition) is 2. The van der Waals surface area contributed by atoms with Crippen molar-refractivity contribution in [3.63, 3.8) is 0 Å². The van der Waals surface area contributed by atoms with E-state index in [1.54, 1.807) is 0 Å². The first-order valence-corrected chi connectivity index (χ1v) is 4.31. The highest BCUT2D eigenvalue weighted by atomic mass is 35.5. The molecule has 1 atom stereocenters. The standard InChI is InChI=1S/C9H9ClFNO2/c10-6-2-1-5(7(11)4-6)3-8(12)9(13)14/h1-2,4,8H,3,12H2,(H,13,14)/t8-/m0/s1/i11-1. The predicted octanol–water partition coefficient (Wildman–Crippen LogP) is 1.43. The fraction of sp³-hybridized carbons (Fsp3) is 0.222. The summed E-state index contributed by atoms with van der Waals surface area (Å²) in [5, 5.41) is 8.79. The predicted molar refractivity (Wildman–Crippen MR) is 50.7 cm³/mol. The van der Waals surface area contributed by atoms with Gasteiger partial charge in [0.1, 0.15) is 11.9 Å². The minimum Gasteiger partial charge on any atom is -0.480 e. The Morgan fingerprint density at radius 1 is 1.64 bits per heavy atom. The summed E-state index contributed by atoms with van der Waals surface area (Å²) in [4.78, 5) is 10.4. The number of hydrogen-bond donors (Lipinski definition) is 2. The van der Waals surface area contributed by atoms with E-state index in [0.29, 0.717) is 0 Å². The molecule has 0 saturated heterocycles. The van der Waals surface area contributed by atoms with E-state index in [9.17, 15) is 9.18 Å². The third kappa shape index (κ3) is 2.68. The van der Waals surface area contributed by atoms with Crippen molar-refractivity contribution < 1.29 is 14.3 Å². The van der Waals surface area contributed by atoms with Crippen LogP contribution in [0.25, 0.3) is 0 Å². The van der Waals surface area contributed by atoms with Crippen molar-refractivity contribution in [2.24, 2.45) is 5.73 Å². The summed E-state index contributed by atoms with van der Waals surface area (Å²) in [7, 11) is 0. The van der Waals surface area contributed by atoms with Crippen LogP contribution in [-0.2, 0) is 11.2 Å². The summed E-state index contributed by atoms with van der Waals surface area (Å²) in [6.07, 6.45) is -0.0433. The molecule has 76 valence electrons. The van der Waals surface area contributed by atoms with Crippen LogP contribution in [0.2, 0.25) is 5.02 Å². The Labute approximate surface area is 85.3 Å². The molecule has 0 aromatic heterocycles. The minimum absolute atomic E-state index is 0.0433. The smallest absolute Gasteiger partial charge is 0.320 e. The molecule has 1 rings (SSSR count). The first kappa shape index (κ1) is 10.9. The molecule has 3 N–H and O–H groups in total. The van der Waals surface area contributed by atoms with Crippen molar-refractivity contribution in [3.8, 4) is 0 Å². The van der Waals surface area contributed by atoms with Gasteiger partial charge in [-0.25, -0.2) is 4.39 Å². The Morgan fingerprint density at radius 3 is 2.79 bits per heavy atom. The van der Waals surface area contributed by atoms with Gasteiger partial charge in [0.15, 0.2) is 0 Å². The summed E-state index contributed by atoms with van der Waals surface area (Å²) in [5.41, 5.74) is 5.51. The van der Waals surface area contributed by atoms with E-state index in [4.69, 9.17) is 22.4 Å². The van der Waals surface area contributed by atoms with Crippen molar-refractivity contribution in [1.29, 1.82) is 0 Å². The maximum absolute atomic E-state index is 13.1. The Morgan fingerprint density at radius 2 is 2.29 bits per heavy atom. The largest absolute Gasteiger partial charge is 0.480 e. The Bertz CT molecular complexity index is 357. The number of nitrogens with two attached hydrogens (primary N) is 1. The van der Waals surface area contributed by atoms with E-state index in [1.807, 2.05) is 0 Å². The number of carbonyl (C=O) groups is 1. The first-order chi connectivity index (χ1) is 6.50. The van der Waals surface area contributed by atoms with Gasteiger partial charge in [0.2, 0.25) is 0 Å². The van der Waals surface area contributed by atoms with Crippen LogP contribution in [0.3, 0.4) is 0 Å². The van der Waals surface area contributed by atoms with E-state index >= 15 is 0 Å². The zero-order chi connectivity index (χ0) is 10.7. The highest BCUT2D eigenvalue weighted by molar-refractivity contribution is 6.30. The molecule has 0 aliphatic heterocycles. The maximum atomic E-state index is 13.1. The van der Waals surface area contributed by atoms with E-state index < -0.39 is 17.8 Å². The van der Waals surface area contributed by atoms with Gasteiger partial charge in [-0.3, -0.25) is 4.79 Å². The molecule has 1 aromatic carbocycles. The molecular weight excluding hydrogens is 208 g/mol. The average molecular weight is 217 g/mol.